The number of esters is 1. The number of piperazine rings is 1. The average molecular weight is 380 g/mol. The van der Waals surface area contributed by atoms with Crippen LogP contribution < -0.4 is 5.32 Å². The number of ether oxygens (including phenoxy) is 1. The molecule has 3 rings (SSSR count). The predicted molar refractivity (Wildman–Crippen MR) is 98.4 cm³/mol. The first kappa shape index (κ1) is 17.8. The number of rotatable bonds is 4. The molecular formula is C16H20N4O3S2. The number of thiophene rings is 1. The summed E-state index contributed by atoms with van der Waals surface area (Å²) >= 11 is 2.91. The molecule has 3 heterocycles. The zero-order valence-corrected chi connectivity index (χ0v) is 15.8. The monoisotopic (exact) mass is 380 g/mol. The number of carbonyl (C=O) groups excluding carboxylic acids is 2. The van der Waals surface area contributed by atoms with E-state index in [0.717, 1.165) is 30.3 Å². The second kappa shape index (κ2) is 7.94. The molecular weight excluding hydrogens is 360 g/mol. The van der Waals surface area contributed by atoms with Crippen LogP contribution in [-0.2, 0) is 11.3 Å². The molecule has 1 aliphatic heterocycles. The molecule has 1 fully saturated rings. The highest BCUT2D eigenvalue weighted by Gasteiger charge is 2.23. The topological polar surface area (TPSA) is 74.8 Å². The fourth-order valence-corrected chi connectivity index (χ4v) is 4.04. The van der Waals surface area contributed by atoms with Crippen LogP contribution in [0.1, 0.15) is 20.4 Å². The minimum absolute atomic E-state index is 0.187. The number of aromatic nitrogens is 1. The molecule has 0 atom stereocenters. The van der Waals surface area contributed by atoms with Crippen LogP contribution in [0.5, 0.6) is 0 Å². The van der Waals surface area contributed by atoms with E-state index in [4.69, 9.17) is 4.74 Å². The lowest BCUT2D eigenvalue weighted by Crippen LogP contribution is -2.49. The average Bonchev–Trinajstić information content (AvgIpc) is 3.23. The molecule has 0 spiro atoms. The second-order valence-corrected chi connectivity index (χ2v) is 7.68. The van der Waals surface area contributed by atoms with Crippen molar-refractivity contribution in [2.75, 3.05) is 38.6 Å². The van der Waals surface area contributed by atoms with Gasteiger partial charge in [0.2, 0.25) is 0 Å². The first-order chi connectivity index (χ1) is 12.1. The number of carbonyl (C=O) groups is 2. The highest BCUT2D eigenvalue weighted by atomic mass is 32.1. The van der Waals surface area contributed by atoms with Gasteiger partial charge in [-0.2, -0.15) is 0 Å². The summed E-state index contributed by atoms with van der Waals surface area (Å²) in [7, 11) is 1.33. The molecule has 0 unspecified atom stereocenters. The Labute approximate surface area is 154 Å². The molecule has 0 aliphatic carbocycles. The maximum absolute atomic E-state index is 12.4. The first-order valence-electron chi connectivity index (χ1n) is 7.92. The number of aryl methyl sites for hydroxylation is 1. The molecule has 1 saturated heterocycles. The van der Waals surface area contributed by atoms with Crippen LogP contribution >= 0.6 is 22.7 Å². The summed E-state index contributed by atoms with van der Waals surface area (Å²) in [6, 6.07) is 1.53. The van der Waals surface area contributed by atoms with Crippen LogP contribution in [0.4, 0.5) is 10.5 Å². The number of anilines is 1. The van der Waals surface area contributed by atoms with Crippen molar-refractivity contribution in [1.82, 2.24) is 14.8 Å². The summed E-state index contributed by atoms with van der Waals surface area (Å²) in [6.07, 6.45) is 0. The predicted octanol–water partition coefficient (Wildman–Crippen LogP) is 2.65. The third-order valence-corrected chi connectivity index (χ3v) is 5.71. The number of amides is 2. The van der Waals surface area contributed by atoms with E-state index < -0.39 is 5.97 Å². The molecule has 0 saturated carbocycles. The molecule has 1 aliphatic rings. The van der Waals surface area contributed by atoms with Gasteiger partial charge in [0.05, 0.1) is 23.5 Å². The van der Waals surface area contributed by atoms with Crippen LogP contribution in [0, 0.1) is 6.92 Å². The number of methoxy groups -OCH3 is 1. The third-order valence-electron chi connectivity index (χ3n) is 3.99. The Hall–Kier alpha value is -1.97. The zero-order valence-electron chi connectivity index (χ0n) is 14.2. The van der Waals surface area contributed by atoms with Crippen molar-refractivity contribution in [3.05, 3.63) is 32.4 Å². The Balaban J connectivity index is 1.52. The second-order valence-electron chi connectivity index (χ2n) is 5.71. The summed E-state index contributed by atoms with van der Waals surface area (Å²) in [4.78, 5) is 33.1. The number of nitrogens with one attached hydrogen (secondary N) is 1. The number of hydrogen-bond acceptors (Lipinski definition) is 7. The summed E-state index contributed by atoms with van der Waals surface area (Å²) in [6.45, 7) is 5.72. The van der Waals surface area contributed by atoms with Crippen molar-refractivity contribution in [1.29, 1.82) is 0 Å². The fraction of sp³-hybridized carbons (Fsp3) is 0.438. The van der Waals surface area contributed by atoms with E-state index in [-0.39, 0.29) is 6.03 Å². The Morgan fingerprint density at radius 2 is 2.04 bits per heavy atom. The maximum atomic E-state index is 12.4. The molecule has 9 heteroatoms. The summed E-state index contributed by atoms with van der Waals surface area (Å²) in [5.74, 6) is -0.436. The molecule has 0 aromatic carbocycles. The summed E-state index contributed by atoms with van der Waals surface area (Å²) < 4.78 is 4.73. The largest absolute Gasteiger partial charge is 0.465 e. The van der Waals surface area contributed by atoms with Gasteiger partial charge in [0.1, 0.15) is 4.88 Å². The van der Waals surface area contributed by atoms with Gasteiger partial charge in [-0.05, 0) is 18.4 Å². The van der Waals surface area contributed by atoms with Crippen molar-refractivity contribution in [2.45, 2.75) is 13.5 Å². The SMILES string of the molecule is COC(=O)c1sccc1NC(=O)N1CCN(Cc2csc(C)n2)CC1. The van der Waals surface area contributed by atoms with E-state index in [1.807, 2.05) is 6.92 Å². The number of hydrogen-bond donors (Lipinski definition) is 1. The molecule has 1 N–H and O–H groups in total. The number of nitrogens with zero attached hydrogens (tertiary/aromatic N) is 3. The molecule has 2 aromatic rings. The number of urea groups is 1. The highest BCUT2D eigenvalue weighted by molar-refractivity contribution is 7.12. The molecule has 0 radical (unpaired) electrons. The van der Waals surface area contributed by atoms with Crippen molar-refractivity contribution < 1.29 is 14.3 Å². The van der Waals surface area contributed by atoms with E-state index in [1.165, 1.54) is 18.4 Å². The van der Waals surface area contributed by atoms with Gasteiger partial charge in [0.25, 0.3) is 0 Å². The van der Waals surface area contributed by atoms with Crippen molar-refractivity contribution in [3.63, 3.8) is 0 Å². The Morgan fingerprint density at radius 3 is 2.68 bits per heavy atom. The third kappa shape index (κ3) is 4.36. The molecule has 7 nitrogen and oxygen atoms in total. The molecule has 2 amide bonds. The van der Waals surface area contributed by atoms with E-state index in [2.05, 4.69) is 20.6 Å². The Bertz CT molecular complexity index is 750. The molecule has 0 bridgehead atoms. The highest BCUT2D eigenvalue weighted by Crippen LogP contribution is 2.23. The van der Waals surface area contributed by atoms with E-state index >= 15 is 0 Å². The van der Waals surface area contributed by atoms with Gasteiger partial charge in [0, 0.05) is 38.1 Å². The standard InChI is InChI=1S/C16H20N4O3S2/c1-11-17-12(10-25-11)9-19-4-6-20(7-5-19)16(22)18-13-3-8-24-14(13)15(21)23-2/h3,8,10H,4-7,9H2,1-2H3,(H,18,22). The van der Waals surface area contributed by atoms with Crippen LogP contribution in [0.15, 0.2) is 16.8 Å². The Kier molecular flexibility index (Phi) is 5.67. The van der Waals surface area contributed by atoms with Crippen molar-refractivity contribution >= 4 is 40.4 Å². The molecule has 25 heavy (non-hydrogen) atoms. The zero-order chi connectivity index (χ0) is 17.8. The van der Waals surface area contributed by atoms with E-state index in [9.17, 15) is 9.59 Å². The van der Waals surface area contributed by atoms with Crippen molar-refractivity contribution in [2.24, 2.45) is 0 Å². The van der Waals surface area contributed by atoms with Crippen molar-refractivity contribution in [3.8, 4) is 0 Å². The van der Waals surface area contributed by atoms with Gasteiger partial charge in [-0.1, -0.05) is 0 Å². The van der Waals surface area contributed by atoms with Gasteiger partial charge < -0.3 is 15.0 Å². The van der Waals surface area contributed by atoms with Gasteiger partial charge in [-0.25, -0.2) is 14.6 Å². The van der Waals surface area contributed by atoms with Crippen LogP contribution in [0.25, 0.3) is 0 Å². The minimum Gasteiger partial charge on any atom is -0.465 e. The van der Waals surface area contributed by atoms with Gasteiger partial charge in [-0.15, -0.1) is 22.7 Å². The van der Waals surface area contributed by atoms with E-state index in [1.54, 1.807) is 27.7 Å². The fourth-order valence-electron chi connectivity index (χ4n) is 2.67. The van der Waals surface area contributed by atoms with Gasteiger partial charge >= 0.3 is 12.0 Å². The molecule has 2 aromatic heterocycles. The normalized spacial score (nSPS) is 15.2. The number of thiazole rings is 1. The summed E-state index contributed by atoms with van der Waals surface area (Å²) in [5, 5.41) is 7.73. The lowest BCUT2D eigenvalue weighted by Gasteiger charge is -2.34. The van der Waals surface area contributed by atoms with Crippen LogP contribution in [0.3, 0.4) is 0 Å². The lowest BCUT2D eigenvalue weighted by molar-refractivity contribution is 0.0607. The molecule has 134 valence electrons. The minimum atomic E-state index is -0.436. The summed E-state index contributed by atoms with van der Waals surface area (Å²) in [5.41, 5.74) is 1.59. The Morgan fingerprint density at radius 1 is 1.28 bits per heavy atom. The maximum Gasteiger partial charge on any atom is 0.350 e. The lowest BCUT2D eigenvalue weighted by atomic mass is 10.3. The van der Waals surface area contributed by atoms with Crippen LogP contribution in [0.2, 0.25) is 0 Å². The van der Waals surface area contributed by atoms with Gasteiger partial charge in [0.15, 0.2) is 0 Å². The van der Waals surface area contributed by atoms with E-state index in [0.29, 0.717) is 23.7 Å². The quantitative estimate of drug-likeness (QED) is 0.826. The first-order valence-corrected chi connectivity index (χ1v) is 9.68. The smallest absolute Gasteiger partial charge is 0.350 e. The van der Waals surface area contributed by atoms with Crippen LogP contribution in [-0.4, -0.2) is 60.1 Å². The van der Waals surface area contributed by atoms with Gasteiger partial charge in [-0.3, -0.25) is 4.90 Å².